The molecular formula is C24H24N2O3. The maximum Gasteiger partial charge on any atom is 0.181 e. The summed E-state index contributed by atoms with van der Waals surface area (Å²) < 4.78 is 16.3. The highest BCUT2D eigenvalue weighted by Gasteiger charge is 2.11. The predicted octanol–water partition coefficient (Wildman–Crippen LogP) is 5.36. The van der Waals surface area contributed by atoms with Gasteiger partial charge < -0.3 is 19.2 Å². The molecule has 4 aromatic rings. The monoisotopic (exact) mass is 388 g/mol. The van der Waals surface area contributed by atoms with E-state index < -0.39 is 0 Å². The van der Waals surface area contributed by atoms with Crippen LogP contribution in [0.3, 0.4) is 0 Å². The lowest BCUT2D eigenvalue weighted by Crippen LogP contribution is -2.18. The van der Waals surface area contributed by atoms with E-state index in [1.807, 2.05) is 36.4 Å². The number of nitrogens with one attached hydrogen (secondary N) is 1. The second kappa shape index (κ2) is 8.37. The standard InChI is InChI=1S/C24H24N2O3/c1-16(18-5-4-6-20(12-18)27-2)25-14-17-7-9-23(28-3)21(11-17)19-8-10-24-22(13-19)26-15-29-24/h4-13,15-16,25H,14H2,1-3H3. The van der Waals surface area contributed by atoms with E-state index in [4.69, 9.17) is 13.9 Å². The van der Waals surface area contributed by atoms with Gasteiger partial charge in [-0.3, -0.25) is 0 Å². The van der Waals surface area contributed by atoms with E-state index in [2.05, 4.69) is 41.5 Å². The van der Waals surface area contributed by atoms with Gasteiger partial charge in [0.05, 0.1) is 14.2 Å². The van der Waals surface area contributed by atoms with Gasteiger partial charge in [0.1, 0.15) is 17.0 Å². The molecular weight excluding hydrogens is 364 g/mol. The predicted molar refractivity (Wildman–Crippen MR) is 114 cm³/mol. The number of hydrogen-bond acceptors (Lipinski definition) is 5. The highest BCUT2D eigenvalue weighted by molar-refractivity contribution is 5.82. The van der Waals surface area contributed by atoms with Gasteiger partial charge in [0, 0.05) is 18.2 Å². The van der Waals surface area contributed by atoms with Crippen molar-refractivity contribution in [2.45, 2.75) is 19.5 Å². The van der Waals surface area contributed by atoms with Crippen LogP contribution in [0.1, 0.15) is 24.1 Å². The summed E-state index contributed by atoms with van der Waals surface area (Å²) in [6.45, 7) is 2.89. The minimum absolute atomic E-state index is 0.196. The Labute approximate surface area is 170 Å². The molecule has 148 valence electrons. The van der Waals surface area contributed by atoms with Crippen molar-refractivity contribution in [2.75, 3.05) is 14.2 Å². The third-order valence-corrected chi connectivity index (χ3v) is 5.11. The van der Waals surface area contributed by atoms with Crippen molar-refractivity contribution in [2.24, 2.45) is 0 Å². The Kier molecular flexibility index (Phi) is 5.49. The molecule has 0 radical (unpaired) electrons. The topological polar surface area (TPSA) is 56.5 Å². The molecule has 0 aliphatic carbocycles. The van der Waals surface area contributed by atoms with Crippen LogP contribution in [0, 0.1) is 0 Å². The summed E-state index contributed by atoms with van der Waals surface area (Å²) in [4.78, 5) is 4.26. The number of fused-ring (bicyclic) bond motifs is 1. The van der Waals surface area contributed by atoms with Gasteiger partial charge in [-0.25, -0.2) is 4.98 Å². The van der Waals surface area contributed by atoms with Crippen molar-refractivity contribution in [1.29, 1.82) is 0 Å². The Balaban J connectivity index is 1.56. The molecule has 0 aliphatic rings. The number of oxazole rings is 1. The molecule has 0 aliphatic heterocycles. The number of rotatable bonds is 7. The molecule has 0 fully saturated rings. The summed E-state index contributed by atoms with van der Waals surface area (Å²) in [6.07, 6.45) is 1.46. The molecule has 5 nitrogen and oxygen atoms in total. The fraction of sp³-hybridized carbons (Fsp3) is 0.208. The van der Waals surface area contributed by atoms with Gasteiger partial charge in [-0.2, -0.15) is 0 Å². The highest BCUT2D eigenvalue weighted by atomic mass is 16.5. The van der Waals surface area contributed by atoms with Crippen molar-refractivity contribution < 1.29 is 13.9 Å². The lowest BCUT2D eigenvalue weighted by Gasteiger charge is -2.16. The number of nitrogens with zero attached hydrogens (tertiary/aromatic N) is 1. The average Bonchev–Trinajstić information content (AvgIpc) is 3.25. The zero-order valence-electron chi connectivity index (χ0n) is 16.8. The smallest absolute Gasteiger partial charge is 0.181 e. The molecule has 0 bridgehead atoms. The van der Waals surface area contributed by atoms with Crippen molar-refractivity contribution in [3.05, 3.63) is 78.2 Å². The summed E-state index contributed by atoms with van der Waals surface area (Å²) in [6, 6.07) is 20.6. The number of methoxy groups -OCH3 is 2. The van der Waals surface area contributed by atoms with Crippen LogP contribution < -0.4 is 14.8 Å². The number of aromatic nitrogens is 1. The van der Waals surface area contributed by atoms with Crippen LogP contribution in [0.4, 0.5) is 0 Å². The fourth-order valence-corrected chi connectivity index (χ4v) is 3.42. The van der Waals surface area contributed by atoms with Gasteiger partial charge in [-0.1, -0.05) is 24.3 Å². The number of hydrogen-bond donors (Lipinski definition) is 1. The summed E-state index contributed by atoms with van der Waals surface area (Å²) in [7, 11) is 3.38. The molecule has 0 saturated carbocycles. The zero-order valence-corrected chi connectivity index (χ0v) is 16.8. The lowest BCUT2D eigenvalue weighted by molar-refractivity contribution is 0.413. The molecule has 1 heterocycles. The number of benzene rings is 3. The summed E-state index contributed by atoms with van der Waals surface area (Å²) in [5, 5.41) is 3.58. The second-order valence-corrected chi connectivity index (χ2v) is 6.95. The summed E-state index contributed by atoms with van der Waals surface area (Å²) in [5.41, 5.74) is 6.06. The Morgan fingerprint density at radius 2 is 1.90 bits per heavy atom. The van der Waals surface area contributed by atoms with Crippen LogP contribution >= 0.6 is 0 Å². The Bertz CT molecular complexity index is 1120. The van der Waals surface area contributed by atoms with Gasteiger partial charge >= 0.3 is 0 Å². The first-order chi connectivity index (χ1) is 14.2. The van der Waals surface area contributed by atoms with Gasteiger partial charge in [0.25, 0.3) is 0 Å². The van der Waals surface area contributed by atoms with E-state index in [1.165, 1.54) is 17.5 Å². The van der Waals surface area contributed by atoms with Crippen molar-refractivity contribution in [1.82, 2.24) is 10.3 Å². The molecule has 1 atom stereocenters. The van der Waals surface area contributed by atoms with E-state index in [1.54, 1.807) is 14.2 Å². The van der Waals surface area contributed by atoms with E-state index in [0.29, 0.717) is 0 Å². The van der Waals surface area contributed by atoms with Crippen LogP contribution in [0.5, 0.6) is 11.5 Å². The molecule has 5 heteroatoms. The first-order valence-electron chi connectivity index (χ1n) is 9.56. The Morgan fingerprint density at radius 1 is 1.00 bits per heavy atom. The van der Waals surface area contributed by atoms with Crippen LogP contribution in [0.2, 0.25) is 0 Å². The molecule has 0 amide bonds. The summed E-state index contributed by atoms with van der Waals surface area (Å²) >= 11 is 0. The molecule has 3 aromatic carbocycles. The van der Waals surface area contributed by atoms with Gasteiger partial charge in [-0.15, -0.1) is 0 Å². The highest BCUT2D eigenvalue weighted by Crippen LogP contribution is 2.33. The van der Waals surface area contributed by atoms with E-state index in [0.717, 1.165) is 40.3 Å². The second-order valence-electron chi connectivity index (χ2n) is 6.95. The molecule has 29 heavy (non-hydrogen) atoms. The van der Waals surface area contributed by atoms with Crippen LogP contribution in [-0.4, -0.2) is 19.2 Å². The minimum atomic E-state index is 0.196. The van der Waals surface area contributed by atoms with Crippen molar-refractivity contribution >= 4 is 11.1 Å². The Hall–Kier alpha value is -3.31. The maximum absolute atomic E-state index is 5.59. The van der Waals surface area contributed by atoms with E-state index in [9.17, 15) is 0 Å². The first kappa shape index (κ1) is 19.0. The molecule has 1 unspecified atom stereocenters. The summed E-state index contributed by atoms with van der Waals surface area (Å²) in [5.74, 6) is 1.70. The fourth-order valence-electron chi connectivity index (χ4n) is 3.42. The minimum Gasteiger partial charge on any atom is -0.497 e. The molecule has 1 aromatic heterocycles. The molecule has 1 N–H and O–H groups in total. The number of ether oxygens (including phenoxy) is 2. The molecule has 4 rings (SSSR count). The Morgan fingerprint density at radius 3 is 2.72 bits per heavy atom. The third kappa shape index (κ3) is 4.10. The lowest BCUT2D eigenvalue weighted by atomic mass is 10.0. The SMILES string of the molecule is COc1cccc(C(C)NCc2ccc(OC)c(-c3ccc4ocnc4c3)c2)c1. The first-order valence-corrected chi connectivity index (χ1v) is 9.56. The third-order valence-electron chi connectivity index (χ3n) is 5.11. The van der Waals surface area contributed by atoms with E-state index in [-0.39, 0.29) is 6.04 Å². The van der Waals surface area contributed by atoms with Crippen molar-refractivity contribution in [3.8, 4) is 22.6 Å². The average molecular weight is 388 g/mol. The van der Waals surface area contributed by atoms with Gasteiger partial charge in [-0.05, 0) is 60.0 Å². The van der Waals surface area contributed by atoms with Gasteiger partial charge in [0.2, 0.25) is 0 Å². The van der Waals surface area contributed by atoms with Crippen molar-refractivity contribution in [3.63, 3.8) is 0 Å². The quantitative estimate of drug-likeness (QED) is 0.462. The van der Waals surface area contributed by atoms with Gasteiger partial charge in [0.15, 0.2) is 12.0 Å². The largest absolute Gasteiger partial charge is 0.497 e. The van der Waals surface area contributed by atoms with Crippen LogP contribution in [-0.2, 0) is 6.54 Å². The zero-order chi connectivity index (χ0) is 20.2. The molecule has 0 spiro atoms. The normalized spacial score (nSPS) is 12.1. The van der Waals surface area contributed by atoms with Crippen LogP contribution in [0.25, 0.3) is 22.2 Å². The van der Waals surface area contributed by atoms with E-state index >= 15 is 0 Å². The van der Waals surface area contributed by atoms with Crippen LogP contribution in [0.15, 0.2) is 71.5 Å². The molecule has 0 saturated heterocycles. The maximum atomic E-state index is 5.59.